The van der Waals surface area contributed by atoms with Crippen LogP contribution < -0.4 is 5.32 Å². The van der Waals surface area contributed by atoms with Gasteiger partial charge in [-0.05, 0) is 37.4 Å². The van der Waals surface area contributed by atoms with E-state index in [1.54, 1.807) is 11.3 Å². The Labute approximate surface area is 156 Å². The average molecular weight is 369 g/mol. The molecule has 8 heteroatoms. The second-order valence-electron chi connectivity index (χ2n) is 7.10. The minimum Gasteiger partial charge on any atom is -0.312 e. The molecule has 7 nitrogen and oxygen atoms in total. The highest BCUT2D eigenvalue weighted by atomic mass is 32.1. The van der Waals surface area contributed by atoms with E-state index in [1.165, 1.54) is 22.0 Å². The summed E-state index contributed by atoms with van der Waals surface area (Å²) in [5.74, 6) is 2.82. The van der Waals surface area contributed by atoms with Crippen LogP contribution in [0.3, 0.4) is 0 Å². The zero-order valence-electron chi connectivity index (χ0n) is 14.7. The second kappa shape index (κ2) is 6.94. The Balaban J connectivity index is 1.24. The van der Waals surface area contributed by atoms with Crippen molar-refractivity contribution in [1.82, 2.24) is 35.2 Å². The number of hydrogen-bond acceptors (Lipinski definition) is 6. The predicted molar refractivity (Wildman–Crippen MR) is 101 cm³/mol. The van der Waals surface area contributed by atoms with Gasteiger partial charge in [0.1, 0.15) is 11.6 Å². The normalized spacial score (nSPS) is 18.9. The van der Waals surface area contributed by atoms with Gasteiger partial charge in [-0.3, -0.25) is 10.00 Å². The molecule has 5 rings (SSSR count). The van der Waals surface area contributed by atoms with E-state index < -0.39 is 0 Å². The van der Waals surface area contributed by atoms with E-state index in [2.05, 4.69) is 52.7 Å². The zero-order chi connectivity index (χ0) is 17.3. The van der Waals surface area contributed by atoms with Gasteiger partial charge in [-0.1, -0.05) is 6.07 Å². The van der Waals surface area contributed by atoms with Gasteiger partial charge < -0.3 is 9.88 Å². The van der Waals surface area contributed by atoms with Gasteiger partial charge in [0, 0.05) is 31.1 Å². The first-order valence-electron chi connectivity index (χ1n) is 9.29. The lowest BCUT2D eigenvalue weighted by Crippen LogP contribution is -2.34. The number of rotatable bonds is 4. The highest BCUT2D eigenvalue weighted by molar-refractivity contribution is 7.13. The minimum atomic E-state index is 0.534. The second-order valence-corrected chi connectivity index (χ2v) is 8.05. The van der Waals surface area contributed by atoms with Gasteiger partial charge in [0.25, 0.3) is 0 Å². The van der Waals surface area contributed by atoms with Crippen molar-refractivity contribution in [3.63, 3.8) is 0 Å². The van der Waals surface area contributed by atoms with Gasteiger partial charge >= 0.3 is 0 Å². The fraction of sp³-hybridized carbons (Fsp3) is 0.500. The monoisotopic (exact) mass is 369 g/mol. The molecule has 1 saturated heterocycles. The molecule has 5 heterocycles. The third kappa shape index (κ3) is 2.98. The minimum absolute atomic E-state index is 0.534. The number of nitrogens with one attached hydrogen (secondary N) is 2. The van der Waals surface area contributed by atoms with Crippen molar-refractivity contribution in [1.29, 1.82) is 0 Å². The van der Waals surface area contributed by atoms with Crippen molar-refractivity contribution < 1.29 is 0 Å². The molecular weight excluding hydrogens is 346 g/mol. The van der Waals surface area contributed by atoms with Gasteiger partial charge in [-0.25, -0.2) is 0 Å². The largest absolute Gasteiger partial charge is 0.312 e. The number of H-pyrrole nitrogens is 1. The summed E-state index contributed by atoms with van der Waals surface area (Å²) in [4.78, 5) is 3.80. The smallest absolute Gasteiger partial charge is 0.147 e. The molecule has 0 atom stereocenters. The molecule has 0 aromatic carbocycles. The molecule has 2 aliphatic rings. The van der Waals surface area contributed by atoms with Gasteiger partial charge in [0.05, 0.1) is 23.3 Å². The van der Waals surface area contributed by atoms with Crippen LogP contribution in [0.2, 0.25) is 0 Å². The molecule has 0 saturated carbocycles. The molecule has 0 radical (unpaired) electrons. The van der Waals surface area contributed by atoms with Gasteiger partial charge in [-0.15, -0.1) is 21.5 Å². The lowest BCUT2D eigenvalue weighted by atomic mass is 9.95. The molecule has 0 aliphatic carbocycles. The quantitative estimate of drug-likeness (QED) is 0.738. The SMILES string of the molecule is c1csc(-c2[nH]ncc2CN2CCC(c3nnc4n3CCNC4)CC2)c1. The van der Waals surface area contributed by atoms with Crippen molar-refractivity contribution in [3.05, 3.63) is 40.9 Å². The number of nitrogens with zero attached hydrogens (tertiary/aromatic N) is 5. The highest BCUT2D eigenvalue weighted by Gasteiger charge is 2.27. The number of aromatic nitrogens is 5. The third-order valence-electron chi connectivity index (χ3n) is 5.48. The topological polar surface area (TPSA) is 74.7 Å². The first-order chi connectivity index (χ1) is 12.9. The van der Waals surface area contributed by atoms with Crippen LogP contribution in [-0.4, -0.2) is 49.5 Å². The summed E-state index contributed by atoms with van der Waals surface area (Å²) in [6.45, 7) is 6.01. The Kier molecular flexibility index (Phi) is 4.32. The Morgan fingerprint density at radius 2 is 2.12 bits per heavy atom. The molecule has 136 valence electrons. The molecule has 3 aromatic heterocycles. The molecule has 0 unspecified atom stereocenters. The van der Waals surface area contributed by atoms with Crippen LogP contribution in [0, 0.1) is 0 Å². The Morgan fingerprint density at radius 1 is 1.19 bits per heavy atom. The van der Waals surface area contributed by atoms with Crippen LogP contribution in [0.4, 0.5) is 0 Å². The molecular formula is C18H23N7S. The van der Waals surface area contributed by atoms with E-state index in [0.717, 1.165) is 57.9 Å². The lowest BCUT2D eigenvalue weighted by molar-refractivity contribution is 0.200. The fourth-order valence-electron chi connectivity index (χ4n) is 4.07. The molecule has 0 spiro atoms. The standard InChI is InChI=1S/C18H23N7S/c1-2-15(26-9-1)17-14(10-20-22-17)12-24-6-3-13(4-7-24)18-23-21-16-11-19-5-8-25(16)18/h1-2,9-10,13,19H,3-8,11-12H2,(H,20,22). The number of hydrogen-bond donors (Lipinski definition) is 2. The van der Waals surface area contributed by atoms with E-state index in [0.29, 0.717) is 5.92 Å². The summed E-state index contributed by atoms with van der Waals surface area (Å²) in [7, 11) is 0. The maximum atomic E-state index is 4.51. The van der Waals surface area contributed by atoms with Gasteiger partial charge in [0.2, 0.25) is 0 Å². The van der Waals surface area contributed by atoms with Crippen molar-refractivity contribution in [2.24, 2.45) is 0 Å². The number of thiophene rings is 1. The van der Waals surface area contributed by atoms with Crippen molar-refractivity contribution in [2.75, 3.05) is 19.6 Å². The lowest BCUT2D eigenvalue weighted by Gasteiger charge is -2.32. The van der Waals surface area contributed by atoms with Crippen LogP contribution >= 0.6 is 11.3 Å². The van der Waals surface area contributed by atoms with E-state index >= 15 is 0 Å². The molecule has 3 aromatic rings. The third-order valence-corrected chi connectivity index (χ3v) is 6.37. The Morgan fingerprint density at radius 3 is 2.96 bits per heavy atom. The van der Waals surface area contributed by atoms with Crippen molar-refractivity contribution in [3.8, 4) is 10.6 Å². The zero-order valence-corrected chi connectivity index (χ0v) is 15.5. The molecule has 1 fully saturated rings. The number of likely N-dealkylation sites (tertiary alicyclic amines) is 1. The van der Waals surface area contributed by atoms with Crippen molar-refractivity contribution >= 4 is 11.3 Å². The summed E-state index contributed by atoms with van der Waals surface area (Å²) in [6.07, 6.45) is 4.28. The number of piperidine rings is 1. The molecule has 2 aliphatic heterocycles. The summed E-state index contributed by atoms with van der Waals surface area (Å²) in [5, 5.41) is 21.8. The fourth-order valence-corrected chi connectivity index (χ4v) is 4.83. The van der Waals surface area contributed by atoms with Crippen LogP contribution in [0.1, 0.15) is 36.0 Å². The van der Waals surface area contributed by atoms with Crippen LogP contribution in [-0.2, 0) is 19.6 Å². The van der Waals surface area contributed by atoms with Crippen LogP contribution in [0.15, 0.2) is 23.7 Å². The van der Waals surface area contributed by atoms with Gasteiger partial charge in [0.15, 0.2) is 0 Å². The van der Waals surface area contributed by atoms with Crippen LogP contribution in [0.5, 0.6) is 0 Å². The van der Waals surface area contributed by atoms with E-state index in [-0.39, 0.29) is 0 Å². The maximum absolute atomic E-state index is 4.51. The molecule has 0 bridgehead atoms. The number of aromatic amines is 1. The van der Waals surface area contributed by atoms with E-state index in [4.69, 9.17) is 0 Å². The first kappa shape index (κ1) is 16.2. The Bertz CT molecular complexity index is 858. The van der Waals surface area contributed by atoms with Gasteiger partial charge in [-0.2, -0.15) is 5.10 Å². The summed E-state index contributed by atoms with van der Waals surface area (Å²) >= 11 is 1.76. The average Bonchev–Trinajstić information content (AvgIpc) is 3.43. The molecule has 2 N–H and O–H groups in total. The first-order valence-corrected chi connectivity index (χ1v) is 10.2. The number of fused-ring (bicyclic) bond motifs is 1. The molecule has 26 heavy (non-hydrogen) atoms. The molecule has 0 amide bonds. The Hall–Kier alpha value is -2.03. The highest BCUT2D eigenvalue weighted by Crippen LogP contribution is 2.31. The summed E-state index contributed by atoms with van der Waals surface area (Å²) in [5.41, 5.74) is 2.46. The van der Waals surface area contributed by atoms with E-state index in [1.807, 2.05) is 6.20 Å². The predicted octanol–water partition coefficient (Wildman–Crippen LogP) is 2.21. The van der Waals surface area contributed by atoms with E-state index in [9.17, 15) is 0 Å². The summed E-state index contributed by atoms with van der Waals surface area (Å²) < 4.78 is 2.34. The van der Waals surface area contributed by atoms with Crippen molar-refractivity contribution in [2.45, 2.75) is 38.4 Å². The van der Waals surface area contributed by atoms with Crippen LogP contribution in [0.25, 0.3) is 10.6 Å². The maximum Gasteiger partial charge on any atom is 0.147 e. The summed E-state index contributed by atoms with van der Waals surface area (Å²) in [6, 6.07) is 4.24.